The minimum Gasteiger partial charge on any atom is -0.411 e. The highest BCUT2D eigenvalue weighted by Crippen LogP contribution is 2.34. The van der Waals surface area contributed by atoms with E-state index in [1.807, 2.05) is 13.0 Å². The highest BCUT2D eigenvalue weighted by Gasteiger charge is 2.31. The van der Waals surface area contributed by atoms with Gasteiger partial charge >= 0.3 is 6.18 Å². The fourth-order valence-corrected chi connectivity index (χ4v) is 3.66. The Kier molecular flexibility index (Phi) is 5.12. The Labute approximate surface area is 181 Å². The van der Waals surface area contributed by atoms with Crippen LogP contribution < -0.4 is 4.90 Å². The number of aryl methyl sites for hydroxylation is 2. The lowest BCUT2D eigenvalue weighted by Crippen LogP contribution is -2.29. The van der Waals surface area contributed by atoms with Gasteiger partial charge in [-0.05, 0) is 61.4 Å². The lowest BCUT2D eigenvalue weighted by molar-refractivity contribution is -0.137. The molecule has 0 spiro atoms. The van der Waals surface area contributed by atoms with Crippen LogP contribution in [0.1, 0.15) is 27.2 Å². The topological polar surface area (TPSA) is 71.2 Å². The van der Waals surface area contributed by atoms with E-state index in [0.717, 1.165) is 23.3 Å². The first-order valence-corrected chi connectivity index (χ1v) is 9.67. The second kappa shape index (κ2) is 7.67. The fourth-order valence-electron chi connectivity index (χ4n) is 3.66. The van der Waals surface area contributed by atoms with E-state index in [4.69, 9.17) is 0 Å². The molecule has 0 aliphatic heterocycles. The zero-order valence-corrected chi connectivity index (χ0v) is 17.5. The van der Waals surface area contributed by atoms with Crippen molar-refractivity contribution < 1.29 is 23.2 Å². The number of carbonyl (C=O) groups is 1. The first-order valence-electron chi connectivity index (χ1n) is 9.67. The van der Waals surface area contributed by atoms with E-state index < -0.39 is 17.6 Å². The van der Waals surface area contributed by atoms with Crippen molar-refractivity contribution >= 4 is 22.5 Å². The number of hydrogen-bond acceptors (Lipinski definition) is 4. The summed E-state index contributed by atoms with van der Waals surface area (Å²) in [6.07, 6.45) is -3.09. The van der Waals surface area contributed by atoms with Crippen molar-refractivity contribution in [3.8, 4) is 11.3 Å². The molecule has 2 aromatic carbocycles. The quantitative estimate of drug-likeness (QED) is 0.442. The van der Waals surface area contributed by atoms with Crippen LogP contribution in [0, 0.1) is 13.8 Å². The van der Waals surface area contributed by atoms with Crippen molar-refractivity contribution in [2.75, 3.05) is 11.9 Å². The Morgan fingerprint density at radius 3 is 2.41 bits per heavy atom. The Morgan fingerprint density at radius 1 is 1.03 bits per heavy atom. The minimum absolute atomic E-state index is 0.0286. The maximum absolute atomic E-state index is 13.1. The van der Waals surface area contributed by atoms with Gasteiger partial charge in [0.2, 0.25) is 0 Å². The third-order valence-corrected chi connectivity index (χ3v) is 5.31. The summed E-state index contributed by atoms with van der Waals surface area (Å²) in [6.45, 7) is 3.44. The van der Waals surface area contributed by atoms with Crippen LogP contribution in [0.15, 0.2) is 54.7 Å². The van der Waals surface area contributed by atoms with Gasteiger partial charge in [0, 0.05) is 23.7 Å². The summed E-state index contributed by atoms with van der Waals surface area (Å²) in [5.41, 5.74) is 3.06. The molecular formula is C23H19F3N4O2. The summed E-state index contributed by atoms with van der Waals surface area (Å²) in [4.78, 5) is 19.1. The summed E-state index contributed by atoms with van der Waals surface area (Å²) in [5.74, 6) is -0.430. The average Bonchev–Trinajstić information content (AvgIpc) is 3.17. The molecule has 9 heteroatoms. The first-order chi connectivity index (χ1) is 15.1. The molecule has 0 radical (unpaired) electrons. The van der Waals surface area contributed by atoms with E-state index in [1.54, 1.807) is 38.2 Å². The third kappa shape index (κ3) is 3.77. The second-order valence-corrected chi connectivity index (χ2v) is 7.53. The van der Waals surface area contributed by atoms with Gasteiger partial charge in [-0.1, -0.05) is 17.0 Å². The molecule has 2 aromatic heterocycles. The molecule has 2 heterocycles. The molecular weight excluding hydrogens is 421 g/mol. The molecule has 0 atom stereocenters. The molecule has 0 unspecified atom stereocenters. The zero-order chi connectivity index (χ0) is 23.2. The van der Waals surface area contributed by atoms with Crippen LogP contribution >= 0.6 is 0 Å². The van der Waals surface area contributed by atoms with Crippen molar-refractivity contribution in [2.24, 2.45) is 0 Å². The molecule has 0 saturated carbocycles. The molecule has 6 nitrogen and oxygen atoms in total. The van der Waals surface area contributed by atoms with Gasteiger partial charge in [0.1, 0.15) is 0 Å². The predicted octanol–water partition coefficient (Wildman–Crippen LogP) is 5.25. The van der Waals surface area contributed by atoms with E-state index in [1.165, 1.54) is 17.2 Å². The van der Waals surface area contributed by atoms with Gasteiger partial charge in [0.25, 0.3) is 5.91 Å². The van der Waals surface area contributed by atoms with Crippen molar-refractivity contribution in [1.82, 2.24) is 14.9 Å². The Morgan fingerprint density at radius 2 is 1.78 bits per heavy atom. The molecule has 0 saturated heterocycles. The molecule has 0 fully saturated rings. The monoisotopic (exact) mass is 440 g/mol. The molecule has 4 aromatic rings. The van der Waals surface area contributed by atoms with Crippen molar-refractivity contribution in [1.29, 1.82) is 0 Å². The number of halogens is 3. The molecule has 4 rings (SSSR count). The number of amides is 1. The maximum Gasteiger partial charge on any atom is 0.416 e. The minimum atomic E-state index is -4.41. The van der Waals surface area contributed by atoms with Crippen molar-refractivity contribution in [3.63, 3.8) is 0 Å². The maximum atomic E-state index is 13.1. The Hall–Kier alpha value is -3.88. The van der Waals surface area contributed by atoms with E-state index in [9.17, 15) is 23.2 Å². The van der Waals surface area contributed by atoms with E-state index in [0.29, 0.717) is 32.7 Å². The van der Waals surface area contributed by atoms with E-state index in [-0.39, 0.29) is 5.69 Å². The lowest BCUT2D eigenvalue weighted by atomic mass is 10.0. The summed E-state index contributed by atoms with van der Waals surface area (Å²) in [5, 5.41) is 13.6. The van der Waals surface area contributed by atoms with Crippen LogP contribution in [0.25, 0.3) is 22.2 Å². The third-order valence-electron chi connectivity index (χ3n) is 5.31. The summed E-state index contributed by atoms with van der Waals surface area (Å²) in [6, 6.07) is 12.3. The van der Waals surface area contributed by atoms with Crippen molar-refractivity contribution in [3.05, 3.63) is 77.1 Å². The van der Waals surface area contributed by atoms with Crippen LogP contribution in [0.3, 0.4) is 0 Å². The van der Waals surface area contributed by atoms with Gasteiger partial charge in [-0.25, -0.2) is 4.98 Å². The second-order valence-electron chi connectivity index (χ2n) is 7.53. The Balaban J connectivity index is 1.69. The Bertz CT molecular complexity index is 1350. The highest BCUT2D eigenvalue weighted by atomic mass is 19.4. The standard InChI is InChI=1S/C23H19F3N4O2/c1-13-10-15(5-7-19(13)29(3)22(31)20-8-9-27-30(20)32)18-6-4-16-12-17(23(24,25)26)11-14(2)21(16)28-18/h4-12,32H,1-3H3. The number of fused-ring (bicyclic) bond motifs is 1. The first kappa shape index (κ1) is 21.4. The number of alkyl halides is 3. The van der Waals surface area contributed by atoms with Gasteiger partial charge in [-0.15, -0.1) is 5.10 Å². The largest absolute Gasteiger partial charge is 0.416 e. The van der Waals surface area contributed by atoms with Crippen LogP contribution in [0.5, 0.6) is 0 Å². The number of anilines is 1. The highest BCUT2D eigenvalue weighted by molar-refractivity contribution is 6.05. The SMILES string of the molecule is Cc1cc(-c2ccc3cc(C(F)(F)F)cc(C)c3n2)ccc1N(C)C(=O)c1ccnn1O. The summed E-state index contributed by atoms with van der Waals surface area (Å²) in [7, 11) is 1.59. The number of hydrogen-bond donors (Lipinski definition) is 1. The zero-order valence-electron chi connectivity index (χ0n) is 17.5. The van der Waals surface area contributed by atoms with Crippen LogP contribution in [-0.4, -0.2) is 33.1 Å². The number of pyridine rings is 1. The fraction of sp³-hybridized carbons (Fsp3) is 0.174. The molecule has 32 heavy (non-hydrogen) atoms. The van der Waals surface area contributed by atoms with Crippen LogP contribution in [-0.2, 0) is 6.18 Å². The van der Waals surface area contributed by atoms with Gasteiger partial charge in [-0.2, -0.15) is 13.2 Å². The molecule has 1 N–H and O–H groups in total. The predicted molar refractivity (Wildman–Crippen MR) is 114 cm³/mol. The lowest BCUT2D eigenvalue weighted by Gasteiger charge is -2.20. The summed E-state index contributed by atoms with van der Waals surface area (Å²) < 4.78 is 39.3. The number of benzene rings is 2. The number of carbonyl (C=O) groups excluding carboxylic acids is 1. The molecule has 0 bridgehead atoms. The average molecular weight is 440 g/mol. The molecule has 0 aliphatic rings. The van der Waals surface area contributed by atoms with Crippen LogP contribution in [0.4, 0.5) is 18.9 Å². The molecule has 1 amide bonds. The van der Waals surface area contributed by atoms with E-state index in [2.05, 4.69) is 10.1 Å². The number of rotatable bonds is 3. The van der Waals surface area contributed by atoms with Gasteiger partial charge in [-0.3, -0.25) is 4.79 Å². The molecule has 164 valence electrons. The molecule has 0 aliphatic carbocycles. The summed E-state index contributed by atoms with van der Waals surface area (Å²) >= 11 is 0. The van der Waals surface area contributed by atoms with Gasteiger partial charge < -0.3 is 10.1 Å². The number of aromatic nitrogens is 3. The van der Waals surface area contributed by atoms with Crippen LogP contribution in [0.2, 0.25) is 0 Å². The van der Waals surface area contributed by atoms with E-state index >= 15 is 0 Å². The van der Waals surface area contributed by atoms with Crippen molar-refractivity contribution in [2.45, 2.75) is 20.0 Å². The van der Waals surface area contributed by atoms with Gasteiger partial charge in [0.05, 0.1) is 23.0 Å². The smallest absolute Gasteiger partial charge is 0.411 e. The normalized spacial score (nSPS) is 11.7. The number of nitrogens with zero attached hydrogens (tertiary/aromatic N) is 4. The van der Waals surface area contributed by atoms with Gasteiger partial charge in [0.15, 0.2) is 5.69 Å².